The summed E-state index contributed by atoms with van der Waals surface area (Å²) in [6, 6.07) is 3.60. The molecule has 5 heteroatoms. The first-order valence-corrected chi connectivity index (χ1v) is 5.89. The number of hydrogen-bond acceptors (Lipinski definition) is 4. The van der Waals surface area contributed by atoms with Crippen LogP contribution in [0.3, 0.4) is 0 Å². The maximum absolute atomic E-state index is 7.30. The molecule has 0 unspecified atom stereocenters. The van der Waals surface area contributed by atoms with E-state index in [0.717, 1.165) is 5.56 Å². The Balaban J connectivity index is 2.31. The Morgan fingerprint density at radius 3 is 2.72 bits per heavy atom. The monoisotopic (exact) mass is 251 g/mol. The first-order valence-electron chi connectivity index (χ1n) is 5.89. The molecule has 0 aliphatic rings. The van der Waals surface area contributed by atoms with E-state index in [9.17, 15) is 0 Å². The van der Waals surface area contributed by atoms with Gasteiger partial charge < -0.3 is 15.2 Å². The average Bonchev–Trinajstić information content (AvgIpc) is 2.27. The van der Waals surface area contributed by atoms with Gasteiger partial charge in [-0.15, -0.1) is 0 Å². The summed E-state index contributed by atoms with van der Waals surface area (Å²) in [5.74, 6) is -0.0343. The number of pyridine rings is 1. The fraction of sp³-hybridized carbons (Fsp3) is 0.538. The summed E-state index contributed by atoms with van der Waals surface area (Å²) >= 11 is 0. The smallest absolute Gasteiger partial charge is 0.141 e. The molecule has 3 N–H and O–H groups in total. The van der Waals surface area contributed by atoms with Gasteiger partial charge in [0.1, 0.15) is 11.5 Å². The minimum atomic E-state index is -0.137. The zero-order valence-electron chi connectivity index (χ0n) is 11.2. The second-order valence-electron chi connectivity index (χ2n) is 4.98. The van der Waals surface area contributed by atoms with E-state index in [2.05, 4.69) is 4.98 Å². The molecule has 1 aromatic rings. The van der Waals surface area contributed by atoms with Gasteiger partial charge in [-0.05, 0) is 38.5 Å². The molecule has 1 aromatic heterocycles. The molecule has 0 fully saturated rings. The lowest BCUT2D eigenvalue weighted by molar-refractivity contribution is -0.0376. The number of nitrogens with one attached hydrogen (secondary N) is 1. The number of nitrogens with two attached hydrogens (primary N) is 1. The predicted molar refractivity (Wildman–Crippen MR) is 70.6 cm³/mol. The molecule has 0 aromatic carbocycles. The summed E-state index contributed by atoms with van der Waals surface area (Å²) in [6.07, 6.45) is 1.63. The molecule has 0 aliphatic carbocycles. The lowest BCUT2D eigenvalue weighted by Gasteiger charge is -2.19. The van der Waals surface area contributed by atoms with Gasteiger partial charge in [0.2, 0.25) is 0 Å². The standard InChI is InChI=1S/C13H21N3O2/c1-13(2,3)18-7-6-17-9-10-4-5-16-11(8-10)12(14)15/h4-5,8H,6-7,9H2,1-3H3,(H3,14,15). The number of aromatic nitrogens is 1. The zero-order chi connectivity index (χ0) is 13.6. The van der Waals surface area contributed by atoms with E-state index in [4.69, 9.17) is 20.6 Å². The lowest BCUT2D eigenvalue weighted by atomic mass is 10.2. The quantitative estimate of drug-likeness (QED) is 0.458. The van der Waals surface area contributed by atoms with Crippen molar-refractivity contribution in [3.05, 3.63) is 29.6 Å². The number of nitrogen functional groups attached to an aromatic ring is 1. The minimum absolute atomic E-state index is 0.0343. The Labute approximate surface area is 108 Å². The largest absolute Gasteiger partial charge is 0.382 e. The Kier molecular flexibility index (Phi) is 5.25. The van der Waals surface area contributed by atoms with E-state index in [1.165, 1.54) is 0 Å². The fourth-order valence-corrected chi connectivity index (χ4v) is 1.31. The zero-order valence-corrected chi connectivity index (χ0v) is 11.2. The van der Waals surface area contributed by atoms with Gasteiger partial charge in [0, 0.05) is 6.20 Å². The van der Waals surface area contributed by atoms with Crippen LogP contribution in [0.2, 0.25) is 0 Å². The number of ether oxygens (including phenoxy) is 2. The molecule has 0 amide bonds. The second kappa shape index (κ2) is 6.47. The maximum atomic E-state index is 7.30. The summed E-state index contributed by atoms with van der Waals surface area (Å²) in [6.45, 7) is 7.60. The van der Waals surface area contributed by atoms with Crippen molar-refractivity contribution >= 4 is 5.84 Å². The van der Waals surface area contributed by atoms with Crippen molar-refractivity contribution in [2.75, 3.05) is 13.2 Å². The van der Waals surface area contributed by atoms with Gasteiger partial charge in [-0.25, -0.2) is 0 Å². The van der Waals surface area contributed by atoms with Crippen LogP contribution in [0.4, 0.5) is 0 Å². The van der Waals surface area contributed by atoms with Gasteiger partial charge in [0.15, 0.2) is 0 Å². The van der Waals surface area contributed by atoms with Crippen LogP contribution in [-0.4, -0.2) is 29.6 Å². The van der Waals surface area contributed by atoms with E-state index in [1.54, 1.807) is 12.3 Å². The minimum Gasteiger partial charge on any atom is -0.382 e. The third-order valence-corrected chi connectivity index (χ3v) is 2.13. The lowest BCUT2D eigenvalue weighted by Crippen LogP contribution is -2.21. The number of hydrogen-bond donors (Lipinski definition) is 2. The van der Waals surface area contributed by atoms with Crippen LogP contribution in [0.1, 0.15) is 32.0 Å². The molecule has 5 nitrogen and oxygen atoms in total. The first-order chi connectivity index (χ1) is 8.38. The number of rotatable bonds is 6. The van der Waals surface area contributed by atoms with E-state index in [1.807, 2.05) is 26.8 Å². The van der Waals surface area contributed by atoms with Gasteiger partial charge in [0.05, 0.1) is 25.4 Å². The number of amidine groups is 1. The van der Waals surface area contributed by atoms with Crippen LogP contribution in [0.15, 0.2) is 18.3 Å². The van der Waals surface area contributed by atoms with Crippen LogP contribution >= 0.6 is 0 Å². The molecule has 0 radical (unpaired) electrons. The van der Waals surface area contributed by atoms with Crippen LogP contribution in [0, 0.1) is 5.41 Å². The first kappa shape index (κ1) is 14.6. The van der Waals surface area contributed by atoms with Crippen LogP contribution in [0.25, 0.3) is 0 Å². The molecule has 0 spiro atoms. The third-order valence-electron chi connectivity index (χ3n) is 2.13. The second-order valence-corrected chi connectivity index (χ2v) is 4.98. The van der Waals surface area contributed by atoms with Gasteiger partial charge in [-0.2, -0.15) is 0 Å². The molecule has 1 rings (SSSR count). The highest BCUT2D eigenvalue weighted by molar-refractivity contribution is 5.93. The van der Waals surface area contributed by atoms with E-state index >= 15 is 0 Å². The summed E-state index contributed by atoms with van der Waals surface area (Å²) in [7, 11) is 0. The van der Waals surface area contributed by atoms with Crippen molar-refractivity contribution in [3.8, 4) is 0 Å². The molecule has 1 heterocycles. The summed E-state index contributed by atoms with van der Waals surface area (Å²) in [5, 5.41) is 7.30. The fourth-order valence-electron chi connectivity index (χ4n) is 1.31. The highest BCUT2D eigenvalue weighted by Gasteiger charge is 2.09. The third kappa shape index (κ3) is 5.75. The Hall–Kier alpha value is -1.46. The highest BCUT2D eigenvalue weighted by atomic mass is 16.5. The summed E-state index contributed by atoms with van der Waals surface area (Å²) < 4.78 is 11.0. The number of nitrogens with zero attached hydrogens (tertiary/aromatic N) is 1. The van der Waals surface area contributed by atoms with E-state index in [0.29, 0.717) is 25.5 Å². The van der Waals surface area contributed by atoms with Crippen molar-refractivity contribution in [3.63, 3.8) is 0 Å². The predicted octanol–water partition coefficient (Wildman–Crippen LogP) is 1.70. The molecular weight excluding hydrogens is 230 g/mol. The maximum Gasteiger partial charge on any atom is 0.141 e. The van der Waals surface area contributed by atoms with E-state index < -0.39 is 0 Å². The van der Waals surface area contributed by atoms with Crippen molar-refractivity contribution in [2.24, 2.45) is 5.73 Å². The summed E-state index contributed by atoms with van der Waals surface area (Å²) in [5.41, 5.74) is 6.65. The van der Waals surface area contributed by atoms with Crippen molar-refractivity contribution in [1.29, 1.82) is 5.41 Å². The van der Waals surface area contributed by atoms with Gasteiger partial charge >= 0.3 is 0 Å². The Bertz CT molecular complexity index is 399. The SMILES string of the molecule is CC(C)(C)OCCOCc1ccnc(C(=N)N)c1. The molecule has 100 valence electrons. The highest BCUT2D eigenvalue weighted by Crippen LogP contribution is 2.07. The van der Waals surface area contributed by atoms with Gasteiger partial charge in [-0.3, -0.25) is 10.4 Å². The molecule has 0 saturated heterocycles. The van der Waals surface area contributed by atoms with E-state index in [-0.39, 0.29) is 11.4 Å². The van der Waals surface area contributed by atoms with Crippen molar-refractivity contribution < 1.29 is 9.47 Å². The van der Waals surface area contributed by atoms with Crippen LogP contribution in [-0.2, 0) is 16.1 Å². The molecule has 0 bridgehead atoms. The Morgan fingerprint density at radius 2 is 2.11 bits per heavy atom. The molecule has 0 atom stereocenters. The van der Waals surface area contributed by atoms with Gasteiger partial charge in [0.25, 0.3) is 0 Å². The molecular formula is C13H21N3O2. The van der Waals surface area contributed by atoms with Crippen LogP contribution < -0.4 is 5.73 Å². The Morgan fingerprint density at radius 1 is 1.39 bits per heavy atom. The molecule has 0 saturated carbocycles. The van der Waals surface area contributed by atoms with Gasteiger partial charge in [-0.1, -0.05) is 0 Å². The topological polar surface area (TPSA) is 81.2 Å². The van der Waals surface area contributed by atoms with Crippen molar-refractivity contribution in [1.82, 2.24) is 4.98 Å². The summed E-state index contributed by atoms with van der Waals surface area (Å²) in [4.78, 5) is 3.99. The average molecular weight is 251 g/mol. The molecule has 0 aliphatic heterocycles. The van der Waals surface area contributed by atoms with Crippen LogP contribution in [0.5, 0.6) is 0 Å². The molecule has 18 heavy (non-hydrogen) atoms. The normalized spacial score (nSPS) is 11.5. The van der Waals surface area contributed by atoms with Crippen molar-refractivity contribution in [2.45, 2.75) is 33.0 Å².